The maximum Gasteiger partial charge on any atom is 0.453 e. The molecule has 3 aromatic rings. The Hall–Kier alpha value is -3.02. The van der Waals surface area contributed by atoms with Gasteiger partial charge in [0.2, 0.25) is 0 Å². The van der Waals surface area contributed by atoms with E-state index in [9.17, 15) is 44.3 Å². The van der Waals surface area contributed by atoms with Gasteiger partial charge >= 0.3 is 12.1 Å². The van der Waals surface area contributed by atoms with Gasteiger partial charge in [-0.25, -0.2) is 26.0 Å². The van der Waals surface area contributed by atoms with E-state index in [1.165, 1.54) is 4.90 Å². The van der Waals surface area contributed by atoms with Gasteiger partial charge in [-0.3, -0.25) is 9.80 Å². The monoisotopic (exact) mass is 728 g/mol. The molecule has 3 heterocycles. The number of sulfone groups is 1. The number of aromatic nitrogens is 1. The second kappa shape index (κ2) is 13.9. The summed E-state index contributed by atoms with van der Waals surface area (Å²) < 4.78 is 148. The number of aliphatic hydroxyl groups is 1. The van der Waals surface area contributed by atoms with E-state index in [1.54, 1.807) is 19.1 Å². The Morgan fingerprint density at radius 2 is 1.61 bits per heavy atom. The zero-order valence-electron chi connectivity index (χ0n) is 26.4. The van der Waals surface area contributed by atoms with Gasteiger partial charge in [-0.05, 0) is 56.5 Å². The Morgan fingerprint density at radius 3 is 2.24 bits per heavy atom. The van der Waals surface area contributed by atoms with E-state index in [-0.39, 0.29) is 18.2 Å². The summed E-state index contributed by atoms with van der Waals surface area (Å²) in [5, 5.41) is 13.1. The first kappa shape index (κ1) is 37.2. The predicted molar refractivity (Wildman–Crippen MR) is 166 cm³/mol. The maximum absolute atomic E-state index is 15.9. The summed E-state index contributed by atoms with van der Waals surface area (Å²) in [6.07, 6.45) is -7.72. The lowest BCUT2D eigenvalue weighted by molar-refractivity contribution is -0.284. The quantitative estimate of drug-likeness (QED) is 0.169. The van der Waals surface area contributed by atoms with Crippen molar-refractivity contribution in [2.24, 2.45) is 0 Å². The van der Waals surface area contributed by atoms with Crippen molar-refractivity contribution < 1.29 is 53.0 Å². The van der Waals surface area contributed by atoms with E-state index in [0.29, 0.717) is 37.3 Å². The van der Waals surface area contributed by atoms with E-state index in [0.717, 1.165) is 23.1 Å². The van der Waals surface area contributed by atoms with Gasteiger partial charge in [0, 0.05) is 53.4 Å². The van der Waals surface area contributed by atoms with Crippen LogP contribution < -0.4 is 5.32 Å². The molecule has 5 rings (SSSR count). The summed E-state index contributed by atoms with van der Waals surface area (Å²) in [6, 6.07) is 7.33. The first-order valence-corrected chi connectivity index (χ1v) is 17.6. The number of aromatic amines is 1. The molecule has 1 saturated heterocycles. The number of aliphatic hydroxyl groups excluding tert-OH is 1. The fraction of sp³-hybridized carbons (Fsp3) is 0.562. The second-order valence-corrected chi connectivity index (χ2v) is 15.3. The zero-order chi connectivity index (χ0) is 35.9. The number of rotatable bonds is 14. The molecule has 0 bridgehead atoms. The third kappa shape index (κ3) is 8.31. The van der Waals surface area contributed by atoms with E-state index >= 15 is 8.78 Å². The summed E-state index contributed by atoms with van der Waals surface area (Å²) in [5.74, 6) is -11.6. The Kier molecular flexibility index (Phi) is 10.6. The molecule has 3 N–H and O–H groups in total. The van der Waals surface area contributed by atoms with E-state index in [1.807, 2.05) is 17.0 Å². The smallest absolute Gasteiger partial charge is 0.390 e. The largest absolute Gasteiger partial charge is 0.453 e. The molecule has 7 nitrogen and oxygen atoms in total. The Morgan fingerprint density at radius 1 is 0.980 bits per heavy atom. The van der Waals surface area contributed by atoms with Crippen molar-refractivity contribution in [3.63, 3.8) is 0 Å². The Labute approximate surface area is 277 Å². The molecule has 0 amide bonds. The van der Waals surface area contributed by atoms with Gasteiger partial charge in [-0.1, -0.05) is 18.2 Å². The lowest BCUT2D eigenvalue weighted by Gasteiger charge is -2.42. The van der Waals surface area contributed by atoms with E-state index in [4.69, 9.17) is 0 Å². The molecule has 0 spiro atoms. The number of fused-ring (bicyclic) bond motifs is 3. The number of anilines is 1. The van der Waals surface area contributed by atoms with Crippen molar-refractivity contribution in [1.29, 1.82) is 0 Å². The van der Waals surface area contributed by atoms with Crippen LogP contribution >= 0.6 is 0 Å². The SMILES string of the molecule is C[C@@H]1Cc2c([nH]c3ccccc23)[C@@H](c2c(F)cc(NC3CN(CCCS(=O)(=O)CCCC(F)(F)C(F)(F)F)C3)cc2F)N1CC(F)(F)CO. The number of para-hydroxylation sites is 1. The highest BCUT2D eigenvalue weighted by atomic mass is 32.2. The Balaban J connectivity index is 1.21. The molecule has 2 aromatic carbocycles. The number of hydrogen-bond acceptors (Lipinski definition) is 6. The van der Waals surface area contributed by atoms with E-state index in [2.05, 4.69) is 10.3 Å². The molecule has 0 unspecified atom stereocenters. The molecule has 0 aliphatic carbocycles. The average Bonchev–Trinajstić information content (AvgIpc) is 3.34. The lowest BCUT2D eigenvalue weighted by Crippen LogP contribution is -2.55. The molecule has 1 aromatic heterocycles. The van der Waals surface area contributed by atoms with Crippen LogP contribution in [0, 0.1) is 11.6 Å². The molecule has 2 aliphatic rings. The molecular formula is C32H37F9N4O3S. The van der Waals surface area contributed by atoms with Crippen LogP contribution in [0.5, 0.6) is 0 Å². The summed E-state index contributed by atoms with van der Waals surface area (Å²) in [7, 11) is -3.85. The highest BCUT2D eigenvalue weighted by Gasteiger charge is 2.56. The number of H-pyrrole nitrogens is 1. The van der Waals surface area contributed by atoms with Crippen LogP contribution in [0.3, 0.4) is 0 Å². The first-order chi connectivity index (χ1) is 22.8. The molecule has 49 heavy (non-hydrogen) atoms. The first-order valence-electron chi connectivity index (χ1n) is 15.8. The van der Waals surface area contributed by atoms with Crippen molar-refractivity contribution in [3.05, 3.63) is 64.9 Å². The van der Waals surface area contributed by atoms with Crippen molar-refractivity contribution in [2.45, 2.75) is 68.8 Å². The number of nitrogens with one attached hydrogen (secondary N) is 2. The molecule has 0 saturated carbocycles. The number of halogens is 9. The van der Waals surface area contributed by atoms with Crippen LogP contribution in [0.4, 0.5) is 45.2 Å². The highest BCUT2D eigenvalue weighted by molar-refractivity contribution is 7.91. The average molecular weight is 729 g/mol. The second-order valence-electron chi connectivity index (χ2n) is 13.0. The minimum atomic E-state index is -5.74. The van der Waals surface area contributed by atoms with Crippen LogP contribution in [-0.4, -0.2) is 103 Å². The summed E-state index contributed by atoms with van der Waals surface area (Å²) in [5.41, 5.74) is 1.54. The summed E-state index contributed by atoms with van der Waals surface area (Å²) in [6.45, 7) is 0.373. The van der Waals surface area contributed by atoms with Gasteiger partial charge < -0.3 is 15.4 Å². The predicted octanol–water partition coefficient (Wildman–Crippen LogP) is 6.29. The molecule has 1 fully saturated rings. The van der Waals surface area contributed by atoms with Crippen molar-refractivity contribution in [3.8, 4) is 0 Å². The summed E-state index contributed by atoms with van der Waals surface area (Å²) in [4.78, 5) is 6.31. The molecule has 272 valence electrons. The van der Waals surface area contributed by atoms with Gasteiger partial charge in [0.15, 0.2) is 0 Å². The van der Waals surface area contributed by atoms with Crippen LogP contribution in [0.2, 0.25) is 0 Å². The number of alkyl halides is 7. The van der Waals surface area contributed by atoms with Crippen molar-refractivity contribution in [1.82, 2.24) is 14.8 Å². The van der Waals surface area contributed by atoms with Crippen molar-refractivity contribution in [2.75, 3.05) is 49.6 Å². The third-order valence-corrected chi connectivity index (χ3v) is 11.0. The third-order valence-electron chi connectivity index (χ3n) is 9.13. The Bertz CT molecular complexity index is 1720. The minimum absolute atomic E-state index is 0.106. The van der Waals surface area contributed by atoms with Gasteiger partial charge in [-0.15, -0.1) is 0 Å². The van der Waals surface area contributed by atoms with Gasteiger partial charge in [0.05, 0.1) is 30.1 Å². The van der Waals surface area contributed by atoms with Crippen LogP contribution in [0.15, 0.2) is 36.4 Å². The van der Waals surface area contributed by atoms with E-state index < -0.39 is 94.6 Å². The number of benzene rings is 2. The standard InChI is InChI=1S/C32H37F9N4O3S/c1-19-12-23-22-6-2-3-7-26(22)43-28(23)29(45(19)17-30(35,36)18-46)27-24(33)13-20(14-25(27)34)42-21-15-44(16-21)9-5-11-49(47,48)10-4-8-31(37,38)32(39,40)41/h2-3,6-7,13-14,19,21,29,42-43,46H,4-5,8-12,15-18H2,1H3/t19-,29-/m1/s1. The summed E-state index contributed by atoms with van der Waals surface area (Å²) >= 11 is 0. The van der Waals surface area contributed by atoms with Gasteiger partial charge in [0.25, 0.3) is 5.92 Å². The minimum Gasteiger partial charge on any atom is -0.390 e. The molecule has 0 radical (unpaired) electrons. The van der Waals surface area contributed by atoms with Gasteiger partial charge in [-0.2, -0.15) is 22.0 Å². The topological polar surface area (TPSA) is 88.7 Å². The lowest BCUT2D eigenvalue weighted by atomic mass is 9.87. The van der Waals surface area contributed by atoms with Crippen LogP contribution in [0.25, 0.3) is 10.9 Å². The maximum atomic E-state index is 15.9. The fourth-order valence-corrected chi connectivity index (χ4v) is 8.01. The zero-order valence-corrected chi connectivity index (χ0v) is 27.3. The molecule has 17 heteroatoms. The molecule has 2 atom stereocenters. The fourth-order valence-electron chi connectivity index (χ4n) is 6.66. The number of hydrogen-bond donors (Lipinski definition) is 3. The van der Waals surface area contributed by atoms with Crippen LogP contribution in [0.1, 0.15) is 49.0 Å². The van der Waals surface area contributed by atoms with Crippen LogP contribution in [-0.2, 0) is 16.3 Å². The number of likely N-dealkylation sites (tertiary alicyclic amines) is 1. The highest BCUT2D eigenvalue weighted by Crippen LogP contribution is 2.44. The molecular weight excluding hydrogens is 691 g/mol. The molecule has 2 aliphatic heterocycles. The van der Waals surface area contributed by atoms with Gasteiger partial charge in [0.1, 0.15) is 28.1 Å². The van der Waals surface area contributed by atoms with Crippen molar-refractivity contribution >= 4 is 26.4 Å². The number of nitrogens with zero attached hydrogens (tertiary/aromatic N) is 2. The normalized spacial score (nSPS) is 20.1.